The lowest BCUT2D eigenvalue weighted by atomic mass is 10.1. The molecule has 0 aliphatic rings. The highest BCUT2D eigenvalue weighted by Crippen LogP contribution is 2.32. The monoisotopic (exact) mass is 298 g/mol. The van der Waals surface area contributed by atoms with E-state index in [9.17, 15) is 0 Å². The van der Waals surface area contributed by atoms with Gasteiger partial charge in [-0.25, -0.2) is 0 Å². The van der Waals surface area contributed by atoms with Crippen molar-refractivity contribution in [1.29, 1.82) is 0 Å². The standard InChI is InChI=1S/C17H15ClN2O/c18-14-7-6-12(8-9-19)16(11-14)21-15-5-1-3-13-4-2-10-20-17(13)15/h1-7,10-11H,8-9,19H2. The van der Waals surface area contributed by atoms with Crippen LogP contribution in [0.25, 0.3) is 10.9 Å². The number of para-hydroxylation sites is 1. The van der Waals surface area contributed by atoms with Gasteiger partial charge in [-0.1, -0.05) is 35.9 Å². The lowest BCUT2D eigenvalue weighted by molar-refractivity contribution is 0.480. The zero-order valence-corrected chi connectivity index (χ0v) is 12.2. The SMILES string of the molecule is NCCc1ccc(Cl)cc1Oc1cccc2cccnc12. The first kappa shape index (κ1) is 13.9. The van der Waals surface area contributed by atoms with Crippen molar-refractivity contribution < 1.29 is 4.74 Å². The molecule has 0 bridgehead atoms. The van der Waals surface area contributed by atoms with Crippen LogP contribution in [0.2, 0.25) is 5.02 Å². The Morgan fingerprint density at radius 2 is 1.90 bits per heavy atom. The van der Waals surface area contributed by atoms with Gasteiger partial charge in [0.15, 0.2) is 5.75 Å². The molecular weight excluding hydrogens is 284 g/mol. The molecule has 0 aliphatic carbocycles. The first-order valence-electron chi connectivity index (χ1n) is 6.78. The summed E-state index contributed by atoms with van der Waals surface area (Å²) in [5.74, 6) is 1.44. The minimum absolute atomic E-state index is 0.561. The number of aromatic nitrogens is 1. The molecule has 0 atom stereocenters. The van der Waals surface area contributed by atoms with E-state index in [-0.39, 0.29) is 0 Å². The van der Waals surface area contributed by atoms with Crippen molar-refractivity contribution in [3.63, 3.8) is 0 Å². The molecule has 1 heterocycles. The summed E-state index contributed by atoms with van der Waals surface area (Å²) in [6.45, 7) is 0.561. The molecule has 3 aromatic rings. The molecule has 0 saturated heterocycles. The van der Waals surface area contributed by atoms with E-state index in [1.807, 2.05) is 48.5 Å². The molecule has 0 aliphatic heterocycles. The summed E-state index contributed by atoms with van der Waals surface area (Å²) < 4.78 is 6.05. The third-order valence-corrected chi connectivity index (χ3v) is 3.49. The van der Waals surface area contributed by atoms with Gasteiger partial charge in [-0.05, 0) is 42.8 Å². The zero-order chi connectivity index (χ0) is 14.7. The second kappa shape index (κ2) is 6.12. The summed E-state index contributed by atoms with van der Waals surface area (Å²) in [6, 6.07) is 15.4. The lowest BCUT2D eigenvalue weighted by Gasteiger charge is -2.12. The average molecular weight is 299 g/mol. The minimum Gasteiger partial charge on any atom is -0.455 e. The molecule has 0 fully saturated rings. The van der Waals surface area contributed by atoms with Gasteiger partial charge in [-0.3, -0.25) is 4.98 Å². The number of hydrogen-bond acceptors (Lipinski definition) is 3. The number of halogens is 1. The van der Waals surface area contributed by atoms with E-state index in [1.54, 1.807) is 6.20 Å². The van der Waals surface area contributed by atoms with Gasteiger partial charge in [0.2, 0.25) is 0 Å². The van der Waals surface area contributed by atoms with Gasteiger partial charge in [0.1, 0.15) is 11.3 Å². The molecule has 0 amide bonds. The van der Waals surface area contributed by atoms with E-state index in [2.05, 4.69) is 4.98 Å². The van der Waals surface area contributed by atoms with Crippen LogP contribution in [0.15, 0.2) is 54.7 Å². The molecule has 106 valence electrons. The molecule has 21 heavy (non-hydrogen) atoms. The number of hydrogen-bond donors (Lipinski definition) is 1. The molecule has 2 N–H and O–H groups in total. The molecular formula is C17H15ClN2O. The van der Waals surface area contributed by atoms with Crippen LogP contribution in [0.3, 0.4) is 0 Å². The van der Waals surface area contributed by atoms with Crippen molar-refractivity contribution in [2.45, 2.75) is 6.42 Å². The first-order chi connectivity index (χ1) is 10.3. The maximum Gasteiger partial charge on any atom is 0.153 e. The van der Waals surface area contributed by atoms with Gasteiger partial charge in [-0.2, -0.15) is 0 Å². The zero-order valence-electron chi connectivity index (χ0n) is 11.4. The Balaban J connectivity index is 2.04. The van der Waals surface area contributed by atoms with Gasteiger partial charge in [0.25, 0.3) is 0 Å². The van der Waals surface area contributed by atoms with Crippen LogP contribution < -0.4 is 10.5 Å². The van der Waals surface area contributed by atoms with E-state index in [0.29, 0.717) is 17.3 Å². The van der Waals surface area contributed by atoms with Gasteiger partial charge in [-0.15, -0.1) is 0 Å². The predicted molar refractivity (Wildman–Crippen MR) is 86.0 cm³/mol. The van der Waals surface area contributed by atoms with E-state index in [0.717, 1.165) is 28.6 Å². The van der Waals surface area contributed by atoms with Crippen LogP contribution in [0.1, 0.15) is 5.56 Å². The van der Waals surface area contributed by atoms with E-state index < -0.39 is 0 Å². The molecule has 0 saturated carbocycles. The number of pyridine rings is 1. The summed E-state index contributed by atoms with van der Waals surface area (Å²) in [6.07, 6.45) is 2.50. The largest absolute Gasteiger partial charge is 0.455 e. The molecule has 1 aromatic heterocycles. The number of benzene rings is 2. The van der Waals surface area contributed by atoms with Crippen molar-refractivity contribution in [1.82, 2.24) is 4.98 Å². The van der Waals surface area contributed by atoms with Crippen LogP contribution >= 0.6 is 11.6 Å². The Hall–Kier alpha value is -2.10. The molecule has 0 unspecified atom stereocenters. The minimum atomic E-state index is 0.561. The third kappa shape index (κ3) is 2.99. The number of nitrogens with two attached hydrogens (primary N) is 1. The van der Waals surface area contributed by atoms with Gasteiger partial charge in [0, 0.05) is 16.6 Å². The summed E-state index contributed by atoms with van der Waals surface area (Å²) in [5, 5.41) is 1.68. The fraction of sp³-hybridized carbons (Fsp3) is 0.118. The molecule has 0 radical (unpaired) electrons. The summed E-state index contributed by atoms with van der Waals surface area (Å²) in [5.41, 5.74) is 7.52. The molecule has 3 rings (SSSR count). The highest BCUT2D eigenvalue weighted by atomic mass is 35.5. The van der Waals surface area contributed by atoms with E-state index in [4.69, 9.17) is 22.1 Å². The Morgan fingerprint density at radius 3 is 2.76 bits per heavy atom. The van der Waals surface area contributed by atoms with Crippen LogP contribution in [-0.4, -0.2) is 11.5 Å². The van der Waals surface area contributed by atoms with Crippen molar-refractivity contribution in [3.05, 3.63) is 65.3 Å². The fourth-order valence-electron chi connectivity index (χ4n) is 2.26. The van der Waals surface area contributed by atoms with Crippen molar-refractivity contribution >= 4 is 22.5 Å². The highest BCUT2D eigenvalue weighted by molar-refractivity contribution is 6.30. The summed E-state index contributed by atoms with van der Waals surface area (Å²) in [4.78, 5) is 4.39. The van der Waals surface area contributed by atoms with E-state index in [1.165, 1.54) is 0 Å². The third-order valence-electron chi connectivity index (χ3n) is 3.26. The smallest absolute Gasteiger partial charge is 0.153 e. The van der Waals surface area contributed by atoms with Gasteiger partial charge in [0.05, 0.1) is 0 Å². The fourth-order valence-corrected chi connectivity index (χ4v) is 2.42. The van der Waals surface area contributed by atoms with Crippen LogP contribution in [-0.2, 0) is 6.42 Å². The Bertz CT molecular complexity index is 768. The van der Waals surface area contributed by atoms with Crippen LogP contribution in [0.5, 0.6) is 11.5 Å². The van der Waals surface area contributed by atoms with Crippen molar-refractivity contribution in [3.8, 4) is 11.5 Å². The highest BCUT2D eigenvalue weighted by Gasteiger charge is 2.09. The molecule has 3 nitrogen and oxygen atoms in total. The lowest BCUT2D eigenvalue weighted by Crippen LogP contribution is -2.04. The average Bonchev–Trinajstić information content (AvgIpc) is 2.50. The quantitative estimate of drug-likeness (QED) is 0.786. The Kier molecular flexibility index (Phi) is 4.04. The topological polar surface area (TPSA) is 48.1 Å². The molecule has 0 spiro atoms. The van der Waals surface area contributed by atoms with Crippen molar-refractivity contribution in [2.75, 3.05) is 6.54 Å². The Morgan fingerprint density at radius 1 is 1.05 bits per heavy atom. The van der Waals surface area contributed by atoms with Crippen molar-refractivity contribution in [2.24, 2.45) is 5.73 Å². The summed E-state index contributed by atoms with van der Waals surface area (Å²) in [7, 11) is 0. The van der Waals surface area contributed by atoms with Gasteiger partial charge < -0.3 is 10.5 Å². The van der Waals surface area contributed by atoms with Crippen LogP contribution in [0, 0.1) is 0 Å². The van der Waals surface area contributed by atoms with Crippen LogP contribution in [0.4, 0.5) is 0 Å². The first-order valence-corrected chi connectivity index (χ1v) is 7.16. The van der Waals surface area contributed by atoms with E-state index >= 15 is 0 Å². The second-order valence-electron chi connectivity index (χ2n) is 4.72. The number of rotatable bonds is 4. The second-order valence-corrected chi connectivity index (χ2v) is 5.16. The number of nitrogens with zero attached hydrogens (tertiary/aromatic N) is 1. The Labute approximate surface area is 128 Å². The maximum atomic E-state index is 6.07. The molecule has 2 aromatic carbocycles. The van der Waals surface area contributed by atoms with Gasteiger partial charge >= 0.3 is 0 Å². The number of ether oxygens (including phenoxy) is 1. The maximum absolute atomic E-state index is 6.07. The predicted octanol–water partition coefficient (Wildman–Crippen LogP) is 4.18. The normalized spacial score (nSPS) is 10.8. The number of fused-ring (bicyclic) bond motifs is 1. The molecule has 4 heteroatoms. The summed E-state index contributed by atoms with van der Waals surface area (Å²) >= 11 is 6.07.